The fraction of sp³-hybridized carbons (Fsp3) is 0.133. The van der Waals surface area contributed by atoms with Crippen LogP contribution in [-0.4, -0.2) is 33.1 Å². The fourth-order valence-electron chi connectivity index (χ4n) is 4.48. The van der Waals surface area contributed by atoms with E-state index in [1.807, 2.05) is 56.3 Å². The number of aryl methyl sites for hydroxylation is 3. The molecule has 204 valence electrons. The predicted molar refractivity (Wildman–Crippen MR) is 161 cm³/mol. The second-order valence-electron chi connectivity index (χ2n) is 9.03. The number of carbonyl (C=O) groups excluding carboxylic acids is 1. The van der Waals surface area contributed by atoms with Crippen molar-refractivity contribution >= 4 is 68.5 Å². The molecule has 40 heavy (non-hydrogen) atoms. The first kappa shape index (κ1) is 29.1. The second-order valence-corrected chi connectivity index (χ2v) is 10.3. The lowest BCUT2D eigenvalue weighted by atomic mass is 9.94. The number of rotatable bonds is 4. The van der Waals surface area contributed by atoms with Crippen LogP contribution in [0.2, 0.25) is 15.1 Å². The number of amides is 1. The van der Waals surface area contributed by atoms with Crippen molar-refractivity contribution in [2.45, 2.75) is 13.8 Å². The summed E-state index contributed by atoms with van der Waals surface area (Å²) in [6.45, 7) is 3.54. The Balaban J connectivity index is 0.000000212. The highest BCUT2D eigenvalue weighted by Crippen LogP contribution is 2.33. The highest BCUT2D eigenvalue weighted by molar-refractivity contribution is 6.39. The summed E-state index contributed by atoms with van der Waals surface area (Å²) >= 11 is 17.7. The highest BCUT2D eigenvalue weighted by atomic mass is 35.5. The quantitative estimate of drug-likeness (QED) is 0.237. The standard InChI is InChI=1S/C21H17ClN2O.C9H7Cl2NO3/c1-12-6-8-15(16-5-4-10-23-20(12)16)19-13(2)17-11-14(22)7-9-18(17)24(3)21(19)25;10-5-2-1-3-6(11)8(5)9(15)12-4-7(13)14/h4-11H,1-3H3;1-3H,4H2,(H,12,15)(H,13,14). The van der Waals surface area contributed by atoms with E-state index in [1.54, 1.807) is 23.9 Å². The van der Waals surface area contributed by atoms with Crippen molar-refractivity contribution in [3.05, 3.63) is 109 Å². The van der Waals surface area contributed by atoms with Gasteiger partial charge >= 0.3 is 5.97 Å². The summed E-state index contributed by atoms with van der Waals surface area (Å²) < 4.78 is 1.69. The lowest BCUT2D eigenvalue weighted by molar-refractivity contribution is -0.135. The first-order valence-corrected chi connectivity index (χ1v) is 13.2. The van der Waals surface area contributed by atoms with Gasteiger partial charge in [0.25, 0.3) is 11.5 Å². The van der Waals surface area contributed by atoms with Gasteiger partial charge < -0.3 is 15.0 Å². The molecule has 0 atom stereocenters. The van der Waals surface area contributed by atoms with Crippen LogP contribution in [0, 0.1) is 13.8 Å². The van der Waals surface area contributed by atoms with E-state index in [4.69, 9.17) is 39.9 Å². The minimum absolute atomic E-state index is 0.0127. The summed E-state index contributed by atoms with van der Waals surface area (Å²) in [5.41, 5.74) is 5.53. The van der Waals surface area contributed by atoms with E-state index in [-0.39, 0.29) is 21.2 Å². The van der Waals surface area contributed by atoms with Gasteiger partial charge in [0.15, 0.2) is 0 Å². The number of hydrogen-bond donors (Lipinski definition) is 2. The Morgan fingerprint density at radius 3 is 2.33 bits per heavy atom. The average molecular weight is 597 g/mol. The molecule has 2 aromatic heterocycles. The van der Waals surface area contributed by atoms with Gasteiger partial charge in [-0.2, -0.15) is 0 Å². The molecule has 1 amide bonds. The lowest BCUT2D eigenvalue weighted by Gasteiger charge is -2.15. The fourth-order valence-corrected chi connectivity index (χ4v) is 5.22. The first-order chi connectivity index (χ1) is 19.0. The van der Waals surface area contributed by atoms with Crippen LogP contribution in [0.15, 0.2) is 71.7 Å². The first-order valence-electron chi connectivity index (χ1n) is 12.1. The number of nitrogens with zero attached hydrogens (tertiary/aromatic N) is 2. The van der Waals surface area contributed by atoms with Crippen LogP contribution >= 0.6 is 34.8 Å². The van der Waals surface area contributed by atoms with Crippen LogP contribution in [0.3, 0.4) is 0 Å². The molecule has 0 bridgehead atoms. The molecule has 5 aromatic rings. The summed E-state index contributed by atoms with van der Waals surface area (Å²) in [7, 11) is 1.80. The van der Waals surface area contributed by atoms with Gasteiger partial charge in [0, 0.05) is 29.0 Å². The van der Waals surface area contributed by atoms with Gasteiger partial charge in [-0.15, -0.1) is 0 Å². The normalized spacial score (nSPS) is 10.8. The van der Waals surface area contributed by atoms with Gasteiger partial charge in [-0.25, -0.2) is 0 Å². The van der Waals surface area contributed by atoms with Gasteiger partial charge in [-0.05, 0) is 66.9 Å². The van der Waals surface area contributed by atoms with Crippen LogP contribution in [-0.2, 0) is 11.8 Å². The molecule has 0 radical (unpaired) electrons. The molecular weight excluding hydrogens is 573 g/mol. The molecule has 2 heterocycles. The van der Waals surface area contributed by atoms with E-state index < -0.39 is 18.4 Å². The smallest absolute Gasteiger partial charge is 0.322 e. The topological polar surface area (TPSA) is 101 Å². The molecule has 2 N–H and O–H groups in total. The van der Waals surface area contributed by atoms with Crippen molar-refractivity contribution in [1.29, 1.82) is 0 Å². The second kappa shape index (κ2) is 12.1. The third-order valence-electron chi connectivity index (χ3n) is 6.45. The largest absolute Gasteiger partial charge is 0.480 e. The van der Waals surface area contributed by atoms with Crippen molar-refractivity contribution < 1.29 is 14.7 Å². The summed E-state index contributed by atoms with van der Waals surface area (Å²) in [6, 6.07) is 18.2. The van der Waals surface area contributed by atoms with Gasteiger partial charge in [-0.3, -0.25) is 19.4 Å². The minimum atomic E-state index is -1.13. The van der Waals surface area contributed by atoms with E-state index in [9.17, 15) is 14.4 Å². The predicted octanol–water partition coefficient (Wildman–Crippen LogP) is 6.83. The summed E-state index contributed by atoms with van der Waals surface area (Å²) in [6.07, 6.45) is 1.78. The molecule has 3 aromatic carbocycles. The van der Waals surface area contributed by atoms with E-state index in [2.05, 4.69) is 10.3 Å². The highest BCUT2D eigenvalue weighted by Gasteiger charge is 2.17. The molecule has 0 saturated heterocycles. The summed E-state index contributed by atoms with van der Waals surface area (Å²) in [5, 5.41) is 13.6. The Morgan fingerprint density at radius 1 is 0.950 bits per heavy atom. The number of carboxylic acid groups (broad SMARTS) is 1. The molecule has 0 saturated carbocycles. The van der Waals surface area contributed by atoms with Crippen molar-refractivity contribution in [1.82, 2.24) is 14.9 Å². The van der Waals surface area contributed by atoms with Crippen molar-refractivity contribution in [3.63, 3.8) is 0 Å². The summed E-state index contributed by atoms with van der Waals surface area (Å²) in [4.78, 5) is 39.3. The zero-order chi connectivity index (χ0) is 29.1. The molecule has 0 aliphatic heterocycles. The number of benzene rings is 3. The maximum absolute atomic E-state index is 13.1. The Kier molecular flexibility index (Phi) is 8.79. The van der Waals surface area contributed by atoms with Crippen molar-refractivity contribution in [3.8, 4) is 11.1 Å². The molecule has 0 aliphatic carbocycles. The van der Waals surface area contributed by atoms with Crippen LogP contribution in [0.4, 0.5) is 0 Å². The molecule has 0 aliphatic rings. The number of nitrogens with one attached hydrogen (secondary N) is 1. The Morgan fingerprint density at radius 2 is 1.65 bits per heavy atom. The maximum Gasteiger partial charge on any atom is 0.322 e. The minimum Gasteiger partial charge on any atom is -0.480 e. The number of aromatic nitrogens is 2. The number of pyridine rings is 2. The maximum atomic E-state index is 13.1. The van der Waals surface area contributed by atoms with E-state index in [1.165, 1.54) is 12.1 Å². The molecule has 0 unspecified atom stereocenters. The van der Waals surface area contributed by atoms with E-state index in [0.29, 0.717) is 10.6 Å². The van der Waals surface area contributed by atoms with Crippen LogP contribution < -0.4 is 10.9 Å². The zero-order valence-electron chi connectivity index (χ0n) is 21.8. The molecule has 10 heteroatoms. The van der Waals surface area contributed by atoms with E-state index >= 15 is 0 Å². The Labute approximate surface area is 244 Å². The van der Waals surface area contributed by atoms with E-state index in [0.717, 1.165) is 38.5 Å². The average Bonchev–Trinajstić information content (AvgIpc) is 2.92. The van der Waals surface area contributed by atoms with Gasteiger partial charge in [0.1, 0.15) is 6.54 Å². The monoisotopic (exact) mass is 595 g/mol. The van der Waals surface area contributed by atoms with Gasteiger partial charge in [0.2, 0.25) is 0 Å². The van der Waals surface area contributed by atoms with Crippen molar-refractivity contribution in [2.24, 2.45) is 7.05 Å². The third kappa shape index (κ3) is 5.82. The SMILES string of the molecule is Cc1c(-c2ccc(C)c3ncccc23)c(=O)n(C)c2ccc(Cl)cc12.O=C(O)CNC(=O)c1c(Cl)cccc1Cl. The van der Waals surface area contributed by atoms with Crippen LogP contribution in [0.1, 0.15) is 21.5 Å². The Bertz CT molecular complexity index is 1830. The van der Waals surface area contributed by atoms with Gasteiger partial charge in [0.05, 0.1) is 32.2 Å². The zero-order valence-corrected chi connectivity index (χ0v) is 24.0. The van der Waals surface area contributed by atoms with Crippen LogP contribution in [0.25, 0.3) is 32.9 Å². The Hall–Kier alpha value is -3.91. The number of aliphatic carboxylic acids is 1. The number of carbonyl (C=O) groups is 2. The number of hydrogen-bond acceptors (Lipinski definition) is 4. The van der Waals surface area contributed by atoms with Gasteiger partial charge in [-0.1, -0.05) is 59.1 Å². The third-order valence-corrected chi connectivity index (χ3v) is 7.31. The molecular formula is C30H24Cl3N3O4. The molecule has 0 spiro atoms. The molecule has 0 fully saturated rings. The number of fused-ring (bicyclic) bond motifs is 2. The van der Waals surface area contributed by atoms with Crippen LogP contribution in [0.5, 0.6) is 0 Å². The van der Waals surface area contributed by atoms with Crippen molar-refractivity contribution in [2.75, 3.05) is 6.54 Å². The molecule has 5 rings (SSSR count). The lowest BCUT2D eigenvalue weighted by Crippen LogP contribution is -2.29. The summed E-state index contributed by atoms with van der Waals surface area (Å²) in [5.74, 6) is -1.74. The molecule has 7 nitrogen and oxygen atoms in total. The number of halogens is 3. The number of carboxylic acids is 1.